The van der Waals surface area contributed by atoms with Crippen molar-refractivity contribution in [3.05, 3.63) is 47.5 Å². The molecule has 3 heterocycles. The van der Waals surface area contributed by atoms with E-state index in [0.717, 1.165) is 10.6 Å². The highest BCUT2D eigenvalue weighted by molar-refractivity contribution is 6.30. The van der Waals surface area contributed by atoms with Crippen molar-refractivity contribution in [3.8, 4) is 11.7 Å². The zero-order chi connectivity index (χ0) is 24.5. The number of carbonyl (C=O) groups excluding carboxylic acids is 1. The fourth-order valence-corrected chi connectivity index (χ4v) is 3.38. The van der Waals surface area contributed by atoms with Crippen LogP contribution in [0.15, 0.2) is 36.8 Å². The lowest BCUT2D eigenvalue weighted by atomic mass is 10.2. The minimum Gasteiger partial charge on any atom is -0.447 e. The Morgan fingerprint density at radius 2 is 2.00 bits per heavy atom. The SMILES string of the molecule is CC[C@H]1COC(=O)N1c1nc(N[C@@H](C)c2cn(-c3ccc(Cl)cc3)cn2)nc(OC(F)(F)F)n1. The van der Waals surface area contributed by atoms with Crippen LogP contribution < -0.4 is 15.0 Å². The van der Waals surface area contributed by atoms with Gasteiger partial charge in [0.2, 0.25) is 11.9 Å². The summed E-state index contributed by atoms with van der Waals surface area (Å²) >= 11 is 5.92. The first-order chi connectivity index (χ1) is 16.1. The van der Waals surface area contributed by atoms with E-state index in [0.29, 0.717) is 17.1 Å². The summed E-state index contributed by atoms with van der Waals surface area (Å²) in [4.78, 5) is 29.1. The molecule has 0 aliphatic carbocycles. The van der Waals surface area contributed by atoms with Crippen LogP contribution in [-0.4, -0.2) is 49.6 Å². The zero-order valence-electron chi connectivity index (χ0n) is 18.0. The van der Waals surface area contributed by atoms with Crippen LogP contribution in [0.25, 0.3) is 5.69 Å². The van der Waals surface area contributed by atoms with E-state index in [2.05, 4.69) is 30.0 Å². The zero-order valence-corrected chi connectivity index (χ0v) is 18.7. The Balaban J connectivity index is 1.61. The third-order valence-electron chi connectivity index (χ3n) is 4.97. The molecule has 1 fully saturated rings. The number of benzene rings is 1. The van der Waals surface area contributed by atoms with E-state index in [1.807, 2.05) is 12.1 Å². The Bertz CT molecular complexity index is 1170. The smallest absolute Gasteiger partial charge is 0.447 e. The normalized spacial score (nSPS) is 16.9. The average molecular weight is 498 g/mol. The first-order valence-corrected chi connectivity index (χ1v) is 10.5. The molecule has 2 atom stereocenters. The number of halogens is 4. The van der Waals surface area contributed by atoms with Gasteiger partial charge in [-0.25, -0.2) is 14.7 Å². The number of hydrogen-bond acceptors (Lipinski definition) is 8. The van der Waals surface area contributed by atoms with E-state index in [1.54, 1.807) is 43.1 Å². The van der Waals surface area contributed by atoms with Crippen molar-refractivity contribution >= 4 is 29.6 Å². The predicted octanol–water partition coefficient (Wildman–Crippen LogP) is 4.52. The van der Waals surface area contributed by atoms with Crippen molar-refractivity contribution in [2.24, 2.45) is 0 Å². The van der Waals surface area contributed by atoms with E-state index >= 15 is 0 Å². The number of rotatable bonds is 7. The summed E-state index contributed by atoms with van der Waals surface area (Å²) in [6, 6.07) is 5.13. The number of carbonyl (C=O) groups is 1. The minimum atomic E-state index is -5.03. The number of nitrogens with zero attached hydrogens (tertiary/aromatic N) is 6. The Labute approximate surface area is 196 Å². The van der Waals surface area contributed by atoms with E-state index in [-0.39, 0.29) is 18.5 Å². The molecule has 1 aliphatic rings. The first kappa shape index (κ1) is 23.5. The third-order valence-corrected chi connectivity index (χ3v) is 5.23. The lowest BCUT2D eigenvalue weighted by molar-refractivity contribution is -0.277. The number of cyclic esters (lactones) is 1. The van der Waals surface area contributed by atoms with Crippen LogP contribution >= 0.6 is 11.6 Å². The van der Waals surface area contributed by atoms with Gasteiger partial charge >= 0.3 is 18.5 Å². The number of aromatic nitrogens is 5. The van der Waals surface area contributed by atoms with Crippen LogP contribution in [-0.2, 0) is 4.74 Å². The summed E-state index contributed by atoms with van der Waals surface area (Å²) in [6.45, 7) is 3.59. The van der Waals surface area contributed by atoms with Crippen molar-refractivity contribution in [1.82, 2.24) is 24.5 Å². The van der Waals surface area contributed by atoms with E-state index in [9.17, 15) is 18.0 Å². The van der Waals surface area contributed by atoms with Crippen LogP contribution in [0.3, 0.4) is 0 Å². The fourth-order valence-electron chi connectivity index (χ4n) is 3.26. The van der Waals surface area contributed by atoms with E-state index < -0.39 is 30.5 Å². The molecule has 0 saturated carbocycles. The summed E-state index contributed by atoms with van der Waals surface area (Å²) in [5.41, 5.74) is 1.37. The molecule has 1 saturated heterocycles. The standard InChI is InChI=1S/C20H19ClF3N7O3/c1-3-13-9-33-19(32)31(13)17-27-16(28-18(29-17)34-20(22,23)24)26-11(2)15-8-30(10-25-15)14-6-4-12(21)5-7-14/h4-8,10-11,13H,3,9H2,1-2H3,(H,26,27,28,29)/t11-,13-/m0/s1. The Morgan fingerprint density at radius 3 is 2.68 bits per heavy atom. The first-order valence-electron chi connectivity index (χ1n) is 10.2. The van der Waals surface area contributed by atoms with E-state index in [1.165, 1.54) is 0 Å². The molecule has 10 nitrogen and oxygen atoms in total. The number of ether oxygens (including phenoxy) is 2. The summed E-state index contributed by atoms with van der Waals surface area (Å²) in [5.74, 6) is -0.544. The highest BCUT2D eigenvalue weighted by Gasteiger charge is 2.38. The number of imidazole rings is 1. The number of anilines is 2. The maximum absolute atomic E-state index is 12.8. The van der Waals surface area contributed by atoms with Crippen LogP contribution in [0.2, 0.25) is 5.02 Å². The van der Waals surface area contributed by atoms with Gasteiger partial charge in [-0.1, -0.05) is 18.5 Å². The molecular formula is C20H19ClF3N7O3. The Hall–Kier alpha value is -3.61. The molecule has 1 aliphatic heterocycles. The molecule has 0 radical (unpaired) electrons. The quantitative estimate of drug-likeness (QED) is 0.508. The topological polar surface area (TPSA) is 107 Å². The van der Waals surface area contributed by atoms with Crippen molar-refractivity contribution < 1.29 is 27.4 Å². The molecule has 0 bridgehead atoms. The van der Waals surface area contributed by atoms with Crippen molar-refractivity contribution in [1.29, 1.82) is 0 Å². The van der Waals surface area contributed by atoms with Gasteiger partial charge in [-0.3, -0.25) is 0 Å². The predicted molar refractivity (Wildman–Crippen MR) is 115 cm³/mol. The van der Waals surface area contributed by atoms with Gasteiger partial charge in [0.1, 0.15) is 6.61 Å². The molecule has 34 heavy (non-hydrogen) atoms. The number of alkyl halides is 3. The van der Waals surface area contributed by atoms with Crippen LogP contribution in [0.4, 0.5) is 29.9 Å². The Morgan fingerprint density at radius 1 is 1.26 bits per heavy atom. The van der Waals surface area contributed by atoms with Gasteiger partial charge in [-0.2, -0.15) is 15.0 Å². The highest BCUT2D eigenvalue weighted by Crippen LogP contribution is 2.27. The monoisotopic (exact) mass is 497 g/mol. The molecule has 3 aromatic rings. The van der Waals surface area contributed by atoms with Crippen molar-refractivity contribution in [2.75, 3.05) is 16.8 Å². The van der Waals surface area contributed by atoms with Crippen LogP contribution in [0.1, 0.15) is 32.0 Å². The van der Waals surface area contributed by atoms with Gasteiger partial charge in [0.15, 0.2) is 0 Å². The molecule has 2 aromatic heterocycles. The van der Waals surface area contributed by atoms with Crippen molar-refractivity contribution in [2.45, 2.75) is 38.7 Å². The molecule has 1 aromatic carbocycles. The molecule has 0 unspecified atom stereocenters. The van der Waals surface area contributed by atoms with Gasteiger partial charge < -0.3 is 19.4 Å². The van der Waals surface area contributed by atoms with Crippen LogP contribution in [0, 0.1) is 0 Å². The Kier molecular flexibility index (Phi) is 6.46. The molecule has 14 heteroatoms. The van der Waals surface area contributed by atoms with Crippen molar-refractivity contribution in [3.63, 3.8) is 0 Å². The fraction of sp³-hybridized carbons (Fsp3) is 0.350. The molecule has 180 valence electrons. The van der Waals surface area contributed by atoms with Gasteiger partial charge in [0, 0.05) is 16.9 Å². The lowest BCUT2D eigenvalue weighted by Gasteiger charge is -2.20. The van der Waals surface area contributed by atoms with Gasteiger partial charge in [0.25, 0.3) is 0 Å². The molecular weight excluding hydrogens is 479 g/mol. The number of nitrogens with one attached hydrogen (secondary N) is 1. The summed E-state index contributed by atoms with van der Waals surface area (Å²) < 4.78 is 49.2. The largest absolute Gasteiger partial charge is 0.575 e. The lowest BCUT2D eigenvalue weighted by Crippen LogP contribution is -2.35. The molecule has 1 amide bonds. The molecule has 4 rings (SSSR count). The highest BCUT2D eigenvalue weighted by atomic mass is 35.5. The second-order valence-electron chi connectivity index (χ2n) is 7.35. The summed E-state index contributed by atoms with van der Waals surface area (Å²) in [5, 5.41) is 3.48. The second-order valence-corrected chi connectivity index (χ2v) is 7.78. The summed E-state index contributed by atoms with van der Waals surface area (Å²) in [7, 11) is 0. The van der Waals surface area contributed by atoms with Gasteiger partial charge in [-0.15, -0.1) is 13.2 Å². The summed E-state index contributed by atoms with van der Waals surface area (Å²) in [6.07, 6.45) is -2.00. The second kappa shape index (κ2) is 9.33. The average Bonchev–Trinajstić information content (AvgIpc) is 3.40. The third kappa shape index (κ3) is 5.30. The molecule has 1 N–H and O–H groups in total. The molecule has 0 spiro atoms. The number of amides is 1. The van der Waals surface area contributed by atoms with Crippen LogP contribution in [0.5, 0.6) is 6.01 Å². The minimum absolute atomic E-state index is 0.0672. The van der Waals surface area contributed by atoms with E-state index in [4.69, 9.17) is 16.3 Å². The maximum Gasteiger partial charge on any atom is 0.575 e. The number of hydrogen-bond donors (Lipinski definition) is 1. The van der Waals surface area contributed by atoms with Gasteiger partial charge in [0.05, 0.1) is 24.1 Å². The van der Waals surface area contributed by atoms with Gasteiger partial charge in [-0.05, 0) is 37.6 Å². The maximum atomic E-state index is 12.8.